The molecule has 4 nitrogen and oxygen atoms in total. The Morgan fingerprint density at radius 3 is 2.71 bits per heavy atom. The van der Waals surface area contributed by atoms with Crippen LogP contribution in [0.5, 0.6) is 0 Å². The van der Waals surface area contributed by atoms with Gasteiger partial charge in [-0.2, -0.15) is 0 Å². The first-order valence-electron chi connectivity index (χ1n) is 6.66. The van der Waals surface area contributed by atoms with Gasteiger partial charge in [0.05, 0.1) is 25.9 Å². The Balaban J connectivity index is 1.94. The predicted octanol–water partition coefficient (Wildman–Crippen LogP) is 1.90. The predicted molar refractivity (Wildman–Crippen MR) is 64.7 cm³/mol. The lowest BCUT2D eigenvalue weighted by atomic mass is 10.00. The molecule has 1 heterocycles. The molecule has 0 amide bonds. The van der Waals surface area contributed by atoms with Crippen LogP contribution in [0.15, 0.2) is 0 Å². The van der Waals surface area contributed by atoms with E-state index in [-0.39, 0.29) is 24.6 Å². The molecule has 0 spiro atoms. The fraction of sp³-hybridized carbons (Fsp3) is 0.923. The zero-order chi connectivity index (χ0) is 12.5. The lowest BCUT2D eigenvalue weighted by Crippen LogP contribution is -2.45. The summed E-state index contributed by atoms with van der Waals surface area (Å²) >= 11 is 0. The second-order valence-corrected chi connectivity index (χ2v) is 4.66. The fourth-order valence-electron chi connectivity index (χ4n) is 1.87. The number of unbranched alkanes of at least 4 members (excludes halogenated alkanes) is 4. The van der Waals surface area contributed by atoms with Gasteiger partial charge in [-0.15, -0.1) is 0 Å². The van der Waals surface area contributed by atoms with Crippen molar-refractivity contribution >= 4 is 5.97 Å². The molecule has 2 unspecified atom stereocenters. The molecule has 1 rings (SSSR count). The molecule has 0 aliphatic carbocycles. The quantitative estimate of drug-likeness (QED) is 0.497. The van der Waals surface area contributed by atoms with E-state index < -0.39 is 0 Å². The van der Waals surface area contributed by atoms with E-state index >= 15 is 0 Å². The molecule has 0 bridgehead atoms. The van der Waals surface area contributed by atoms with Gasteiger partial charge in [0.15, 0.2) is 0 Å². The normalized spacial score (nSPS) is 23.2. The SMILES string of the molecule is CCCCCCCC(=O)OCC1COC1CO. The van der Waals surface area contributed by atoms with Crippen molar-refractivity contribution in [2.75, 3.05) is 19.8 Å². The molecule has 1 N–H and O–H groups in total. The lowest BCUT2D eigenvalue weighted by molar-refractivity contribution is -0.170. The maximum absolute atomic E-state index is 11.4. The molecule has 1 saturated heterocycles. The molecule has 0 aromatic heterocycles. The number of aliphatic hydroxyl groups is 1. The maximum Gasteiger partial charge on any atom is 0.305 e. The molecule has 1 fully saturated rings. The van der Waals surface area contributed by atoms with Crippen LogP contribution >= 0.6 is 0 Å². The topological polar surface area (TPSA) is 55.8 Å². The molecule has 100 valence electrons. The second kappa shape index (κ2) is 8.48. The van der Waals surface area contributed by atoms with Crippen molar-refractivity contribution in [2.24, 2.45) is 5.92 Å². The van der Waals surface area contributed by atoms with Crippen molar-refractivity contribution < 1.29 is 19.4 Å². The van der Waals surface area contributed by atoms with Gasteiger partial charge < -0.3 is 14.6 Å². The van der Waals surface area contributed by atoms with Gasteiger partial charge in [0.1, 0.15) is 0 Å². The molecule has 4 heteroatoms. The zero-order valence-electron chi connectivity index (χ0n) is 10.7. The fourth-order valence-corrected chi connectivity index (χ4v) is 1.87. The number of hydrogen-bond acceptors (Lipinski definition) is 4. The highest BCUT2D eigenvalue weighted by Gasteiger charge is 2.32. The van der Waals surface area contributed by atoms with E-state index in [1.165, 1.54) is 19.3 Å². The number of hydrogen-bond donors (Lipinski definition) is 1. The summed E-state index contributed by atoms with van der Waals surface area (Å²) in [5.41, 5.74) is 0. The van der Waals surface area contributed by atoms with Gasteiger partial charge in [-0.3, -0.25) is 4.79 Å². The van der Waals surface area contributed by atoms with E-state index in [1.54, 1.807) is 0 Å². The average Bonchev–Trinajstić information content (AvgIpc) is 2.28. The molecule has 0 aromatic carbocycles. The summed E-state index contributed by atoms with van der Waals surface area (Å²) in [6, 6.07) is 0. The van der Waals surface area contributed by atoms with Gasteiger partial charge >= 0.3 is 5.97 Å². The Labute approximate surface area is 103 Å². The van der Waals surface area contributed by atoms with E-state index in [2.05, 4.69) is 6.92 Å². The van der Waals surface area contributed by atoms with Crippen LogP contribution in [0.3, 0.4) is 0 Å². The molecule has 0 saturated carbocycles. The maximum atomic E-state index is 11.4. The minimum atomic E-state index is -0.132. The summed E-state index contributed by atoms with van der Waals surface area (Å²) in [5.74, 6) is 0.0640. The van der Waals surface area contributed by atoms with Crippen LogP contribution in [0, 0.1) is 5.92 Å². The summed E-state index contributed by atoms with van der Waals surface area (Å²) in [7, 11) is 0. The zero-order valence-corrected chi connectivity index (χ0v) is 10.7. The molecular weight excluding hydrogens is 220 g/mol. The van der Waals surface area contributed by atoms with Crippen LogP contribution in [0.25, 0.3) is 0 Å². The van der Waals surface area contributed by atoms with Gasteiger partial charge in [-0.1, -0.05) is 32.6 Å². The van der Waals surface area contributed by atoms with Gasteiger partial charge in [0, 0.05) is 12.3 Å². The molecule has 1 aliphatic heterocycles. The van der Waals surface area contributed by atoms with Gasteiger partial charge in [-0.05, 0) is 6.42 Å². The molecule has 0 radical (unpaired) electrons. The number of ether oxygens (including phenoxy) is 2. The van der Waals surface area contributed by atoms with Crippen molar-refractivity contribution in [3.05, 3.63) is 0 Å². The van der Waals surface area contributed by atoms with E-state index in [9.17, 15) is 4.79 Å². The molecule has 1 aliphatic rings. The minimum absolute atomic E-state index is 0.0131. The molecule has 2 atom stereocenters. The lowest BCUT2D eigenvalue weighted by Gasteiger charge is -2.34. The van der Waals surface area contributed by atoms with Crippen LogP contribution in [-0.4, -0.2) is 37.0 Å². The summed E-state index contributed by atoms with van der Waals surface area (Å²) < 4.78 is 10.3. The third kappa shape index (κ3) is 5.50. The van der Waals surface area contributed by atoms with Crippen molar-refractivity contribution in [1.29, 1.82) is 0 Å². The van der Waals surface area contributed by atoms with Crippen LogP contribution in [0.4, 0.5) is 0 Å². The number of esters is 1. The first-order valence-corrected chi connectivity index (χ1v) is 6.66. The summed E-state index contributed by atoms with van der Waals surface area (Å²) in [6.45, 7) is 3.17. The molecular formula is C13H24O4. The van der Waals surface area contributed by atoms with Crippen molar-refractivity contribution in [3.8, 4) is 0 Å². The number of carbonyl (C=O) groups is 1. The Morgan fingerprint density at radius 1 is 1.35 bits per heavy atom. The average molecular weight is 244 g/mol. The van der Waals surface area contributed by atoms with Crippen LogP contribution in [-0.2, 0) is 14.3 Å². The van der Waals surface area contributed by atoms with Gasteiger partial charge in [-0.25, -0.2) is 0 Å². The van der Waals surface area contributed by atoms with Crippen molar-refractivity contribution in [2.45, 2.75) is 51.6 Å². The summed E-state index contributed by atoms with van der Waals surface area (Å²) in [5, 5.41) is 8.88. The first kappa shape index (κ1) is 14.5. The Hall–Kier alpha value is -0.610. The summed E-state index contributed by atoms with van der Waals surface area (Å²) in [4.78, 5) is 11.4. The number of rotatable bonds is 9. The van der Waals surface area contributed by atoms with Gasteiger partial charge in [0.2, 0.25) is 0 Å². The standard InChI is InChI=1S/C13H24O4/c1-2-3-4-5-6-7-13(15)17-10-11-9-16-12(11)8-14/h11-12,14H,2-10H2,1H3. The Morgan fingerprint density at radius 2 is 2.12 bits per heavy atom. The van der Waals surface area contributed by atoms with E-state index in [0.29, 0.717) is 19.6 Å². The highest BCUT2D eigenvalue weighted by Crippen LogP contribution is 2.20. The van der Waals surface area contributed by atoms with E-state index in [1.807, 2.05) is 0 Å². The first-order chi connectivity index (χ1) is 8.27. The highest BCUT2D eigenvalue weighted by molar-refractivity contribution is 5.69. The largest absolute Gasteiger partial charge is 0.465 e. The minimum Gasteiger partial charge on any atom is -0.465 e. The van der Waals surface area contributed by atoms with Crippen molar-refractivity contribution in [3.63, 3.8) is 0 Å². The smallest absolute Gasteiger partial charge is 0.305 e. The molecule has 17 heavy (non-hydrogen) atoms. The Bertz CT molecular complexity index is 215. The highest BCUT2D eigenvalue weighted by atomic mass is 16.6. The third-order valence-corrected chi connectivity index (χ3v) is 3.17. The summed E-state index contributed by atoms with van der Waals surface area (Å²) in [6.07, 6.45) is 6.07. The van der Waals surface area contributed by atoms with Crippen LogP contribution in [0.2, 0.25) is 0 Å². The van der Waals surface area contributed by atoms with E-state index in [0.717, 1.165) is 12.8 Å². The van der Waals surface area contributed by atoms with Gasteiger partial charge in [0.25, 0.3) is 0 Å². The third-order valence-electron chi connectivity index (χ3n) is 3.17. The van der Waals surface area contributed by atoms with Crippen molar-refractivity contribution in [1.82, 2.24) is 0 Å². The number of carbonyl (C=O) groups excluding carboxylic acids is 1. The monoisotopic (exact) mass is 244 g/mol. The van der Waals surface area contributed by atoms with E-state index in [4.69, 9.17) is 14.6 Å². The molecule has 0 aromatic rings. The second-order valence-electron chi connectivity index (χ2n) is 4.66. The Kier molecular flexibility index (Phi) is 7.21. The van der Waals surface area contributed by atoms with Crippen LogP contribution < -0.4 is 0 Å². The van der Waals surface area contributed by atoms with Crippen LogP contribution in [0.1, 0.15) is 45.4 Å². The number of aliphatic hydroxyl groups excluding tert-OH is 1.